The quantitative estimate of drug-likeness (QED) is 0.0195. The van der Waals surface area contributed by atoms with Gasteiger partial charge in [-0.05, 0) is 60.2 Å². The van der Waals surface area contributed by atoms with Crippen molar-refractivity contribution in [3.05, 3.63) is 182 Å². The van der Waals surface area contributed by atoms with Crippen LogP contribution in [-0.4, -0.2) is 107 Å². The number of thioether (sulfide) groups is 1. The van der Waals surface area contributed by atoms with Gasteiger partial charge in [0, 0.05) is 52.7 Å². The highest BCUT2D eigenvalue weighted by Crippen LogP contribution is 2.45. The molecule has 0 saturated carbocycles. The Labute approximate surface area is 467 Å². The van der Waals surface area contributed by atoms with Crippen molar-refractivity contribution in [3.8, 4) is 5.75 Å². The molecule has 3 fully saturated rings. The van der Waals surface area contributed by atoms with E-state index < -0.39 is 85.3 Å². The van der Waals surface area contributed by atoms with Crippen LogP contribution in [0.15, 0.2) is 141 Å². The first kappa shape index (κ1) is 54.8. The minimum absolute atomic E-state index is 0.0413. The third kappa shape index (κ3) is 10.6. The third-order valence-corrected chi connectivity index (χ3v) is 19.4. The van der Waals surface area contributed by atoms with Crippen LogP contribution in [0, 0.1) is 17.0 Å². The van der Waals surface area contributed by atoms with Gasteiger partial charge in [0.15, 0.2) is 16.7 Å². The zero-order chi connectivity index (χ0) is 55.4. The van der Waals surface area contributed by atoms with Gasteiger partial charge >= 0.3 is 11.9 Å². The normalized spacial score (nSPS) is 19.1. The summed E-state index contributed by atoms with van der Waals surface area (Å²) in [5.41, 5.74) is -1.26. The standard InChI is InChI=1S/C57H52F2N6O10S4/c1-4-74-52(69)42-47(66)39-28-40(58)46(64-26-14-15-27-64)43(59)48(39)78-53(42)77-32-56(54(70)75-29-34-22-24-38(72-2)25-23-34)31-65-50(68)45(51(65)79(71)33-56)61-49(67)44(63-73-3)41-30-76-55(60-41)62-57(35-16-8-5-9-17-35,36-18-10-6-11-19-36)37-20-12-7-13-21-37/h5-13,16-25,28,30,45,51H,4,14-15,26-27,29,31-33H2,1-3H3,(H,60,62)(H,61,67)/t45?,51-,56?,79?/m1/s1. The number of carbonyl (C=O) groups is 4. The number of anilines is 2. The van der Waals surface area contributed by atoms with E-state index in [1.165, 1.54) is 37.4 Å². The summed E-state index contributed by atoms with van der Waals surface area (Å²) in [6, 6.07) is 36.0. The topological polar surface area (TPSA) is 195 Å². The Bertz CT molecular complexity index is 3450. The highest BCUT2D eigenvalue weighted by Gasteiger charge is 2.61. The number of benzene rings is 5. The number of amides is 2. The highest BCUT2D eigenvalue weighted by molar-refractivity contribution is 8.01. The van der Waals surface area contributed by atoms with Crippen LogP contribution in [0.1, 0.15) is 58.1 Å². The number of carbonyl (C=O) groups excluding carboxylic acids is 4. The maximum Gasteiger partial charge on any atom is 0.344 e. The van der Waals surface area contributed by atoms with E-state index in [9.17, 15) is 28.2 Å². The number of hydrogen-bond acceptors (Lipinski definition) is 17. The third-order valence-electron chi connectivity index (χ3n) is 14.0. The van der Waals surface area contributed by atoms with Crippen molar-refractivity contribution in [1.29, 1.82) is 0 Å². The molecule has 0 aliphatic carbocycles. The number of hydrogen-bond donors (Lipinski definition) is 2. The molecule has 0 radical (unpaired) electrons. The average molecular weight is 1150 g/mol. The van der Waals surface area contributed by atoms with E-state index in [1.807, 2.05) is 91.0 Å². The number of esters is 2. The summed E-state index contributed by atoms with van der Waals surface area (Å²) in [4.78, 5) is 83.8. The molecule has 10 rings (SSSR count). The first-order valence-corrected chi connectivity index (χ1v) is 29.2. The van der Waals surface area contributed by atoms with Gasteiger partial charge in [-0.25, -0.2) is 18.6 Å². The van der Waals surface area contributed by atoms with E-state index >= 15 is 8.78 Å². The summed E-state index contributed by atoms with van der Waals surface area (Å²) in [5, 5.41) is 11.0. The molecule has 4 atom stereocenters. The Morgan fingerprint density at radius 3 is 2.13 bits per heavy atom. The molecule has 2 N–H and O–H groups in total. The Morgan fingerprint density at radius 1 is 0.899 bits per heavy atom. The number of nitrogens with zero attached hydrogens (tertiary/aromatic N) is 4. The van der Waals surface area contributed by atoms with Crippen molar-refractivity contribution in [2.45, 2.75) is 47.5 Å². The largest absolute Gasteiger partial charge is 0.497 e. The molecule has 3 unspecified atom stereocenters. The summed E-state index contributed by atoms with van der Waals surface area (Å²) >= 11 is 2.78. The Kier molecular flexibility index (Phi) is 16.3. The SMILES string of the molecule is CCOC(=O)c1c(SCC2(C(=O)OCc3ccc(OC)cc3)CN3C(=O)C(NC(=O)C(=NOC)c4csc(NC(c5ccccc5)(c5ccccc5)c5ccccc5)n4)[C@H]3S(=O)C2)sc2c(F)c(N3CCCC3)c(F)cc2c1=O. The number of halogens is 2. The molecule has 2 amide bonds. The van der Waals surface area contributed by atoms with Gasteiger partial charge < -0.3 is 39.5 Å². The number of rotatable bonds is 19. The number of thiazole rings is 1. The highest BCUT2D eigenvalue weighted by atomic mass is 32.2. The van der Waals surface area contributed by atoms with Crippen LogP contribution in [0.5, 0.6) is 5.75 Å². The molecule has 5 heterocycles. The van der Waals surface area contributed by atoms with Crippen molar-refractivity contribution in [1.82, 2.24) is 15.2 Å². The minimum atomic E-state index is -2.07. The second-order valence-corrected chi connectivity index (χ2v) is 23.5. The number of ether oxygens (including phenoxy) is 3. The van der Waals surface area contributed by atoms with Gasteiger partial charge in [-0.15, -0.1) is 34.4 Å². The molecule has 3 aliphatic rings. The van der Waals surface area contributed by atoms with Gasteiger partial charge in [-0.2, -0.15) is 0 Å². The molecule has 22 heteroatoms. The lowest BCUT2D eigenvalue weighted by atomic mass is 9.77. The lowest BCUT2D eigenvalue weighted by Crippen LogP contribution is -2.77. The maximum atomic E-state index is 16.5. The molecule has 3 saturated heterocycles. The smallest absolute Gasteiger partial charge is 0.344 e. The molecule has 7 aromatic rings. The van der Waals surface area contributed by atoms with E-state index in [0.29, 0.717) is 29.5 Å². The molecule has 3 aliphatic heterocycles. The van der Waals surface area contributed by atoms with Crippen molar-refractivity contribution in [3.63, 3.8) is 0 Å². The van der Waals surface area contributed by atoms with Crippen LogP contribution in [0.4, 0.5) is 19.6 Å². The first-order valence-electron chi connectivity index (χ1n) is 25.1. The van der Waals surface area contributed by atoms with Crippen LogP contribution >= 0.6 is 34.4 Å². The molecular formula is C57H52F2N6O10S4. The molecule has 2 aromatic heterocycles. The van der Waals surface area contributed by atoms with Gasteiger partial charge in [0.1, 0.15) is 64.6 Å². The van der Waals surface area contributed by atoms with Crippen molar-refractivity contribution in [2.24, 2.45) is 10.6 Å². The zero-order valence-corrected chi connectivity index (χ0v) is 46.2. The fourth-order valence-electron chi connectivity index (χ4n) is 10.2. The molecule has 79 heavy (non-hydrogen) atoms. The number of oxime groups is 1. The predicted molar refractivity (Wildman–Crippen MR) is 300 cm³/mol. The van der Waals surface area contributed by atoms with Crippen LogP contribution in [0.2, 0.25) is 0 Å². The number of β-lactam (4-membered cyclic amide) rings is 1. The van der Waals surface area contributed by atoms with E-state index in [1.54, 1.807) is 34.5 Å². The Morgan fingerprint density at radius 2 is 1.53 bits per heavy atom. The molecule has 16 nitrogen and oxygen atoms in total. The lowest BCUT2D eigenvalue weighted by Gasteiger charge is -2.53. The van der Waals surface area contributed by atoms with E-state index in [0.717, 1.165) is 58.7 Å². The molecular weight excluding hydrogens is 1090 g/mol. The Hall–Kier alpha value is -7.53. The van der Waals surface area contributed by atoms with E-state index in [2.05, 4.69) is 15.8 Å². The second-order valence-electron chi connectivity index (χ2n) is 18.9. The van der Waals surface area contributed by atoms with Crippen LogP contribution in [-0.2, 0) is 51.6 Å². The lowest BCUT2D eigenvalue weighted by molar-refractivity contribution is -0.162. The van der Waals surface area contributed by atoms with E-state index in [-0.39, 0.29) is 56.9 Å². The summed E-state index contributed by atoms with van der Waals surface area (Å²) in [6.45, 7) is 1.64. The summed E-state index contributed by atoms with van der Waals surface area (Å²) in [6.07, 6.45) is 1.44. The van der Waals surface area contributed by atoms with Crippen LogP contribution in [0.3, 0.4) is 0 Å². The van der Waals surface area contributed by atoms with Crippen molar-refractivity contribution >= 4 is 95.6 Å². The molecule has 0 bridgehead atoms. The fraction of sp³-hybridized carbons (Fsp3) is 0.281. The van der Waals surface area contributed by atoms with Crippen LogP contribution in [0.25, 0.3) is 10.1 Å². The monoisotopic (exact) mass is 1150 g/mol. The number of nitrogens with one attached hydrogen (secondary N) is 2. The number of aromatic nitrogens is 1. The first-order chi connectivity index (χ1) is 38.3. The molecule has 0 spiro atoms. The average Bonchev–Trinajstić information content (AvgIpc) is 4.28. The number of methoxy groups -OCH3 is 1. The predicted octanol–water partition coefficient (Wildman–Crippen LogP) is 8.47. The van der Waals surface area contributed by atoms with Gasteiger partial charge in [0.2, 0.25) is 11.3 Å². The fourth-order valence-corrected chi connectivity index (χ4v) is 15.6. The van der Waals surface area contributed by atoms with E-state index in [4.69, 9.17) is 24.0 Å². The van der Waals surface area contributed by atoms with Crippen molar-refractivity contribution < 1.29 is 51.2 Å². The summed E-state index contributed by atoms with van der Waals surface area (Å²) in [5.74, 6) is -5.48. The summed E-state index contributed by atoms with van der Waals surface area (Å²) in [7, 11) is 0.703. The van der Waals surface area contributed by atoms with Gasteiger partial charge in [-0.1, -0.05) is 108 Å². The van der Waals surface area contributed by atoms with Gasteiger partial charge in [0.25, 0.3) is 5.91 Å². The number of fused-ring (bicyclic) bond motifs is 2. The molecule has 5 aromatic carbocycles. The van der Waals surface area contributed by atoms with Gasteiger partial charge in [0.05, 0.1) is 22.6 Å². The Balaban J connectivity index is 0.930. The molecule has 408 valence electrons. The van der Waals surface area contributed by atoms with Gasteiger partial charge in [-0.3, -0.25) is 23.4 Å². The van der Waals surface area contributed by atoms with Crippen molar-refractivity contribution in [2.75, 3.05) is 62.2 Å². The van der Waals surface area contributed by atoms with Crippen LogP contribution < -0.4 is 25.7 Å². The minimum Gasteiger partial charge on any atom is -0.497 e. The zero-order valence-electron chi connectivity index (χ0n) is 42.9. The second kappa shape index (κ2) is 23.4. The summed E-state index contributed by atoms with van der Waals surface area (Å²) < 4.78 is 63.1. The maximum absolute atomic E-state index is 16.5.